The average molecular weight is 389 g/mol. The third kappa shape index (κ3) is 5.92. The standard InChI is InChI=1S/C25H24S2/c1-3-20-10-8-12-22(16-20)18-26-25(24-14-6-5-7-15-24)27-19-23-13-9-11-21(4-2)17-23/h3-17,25H,1-2,18-19H2. The van der Waals surface area contributed by atoms with Gasteiger partial charge in [0.15, 0.2) is 0 Å². The predicted octanol–water partition coefficient (Wildman–Crippen LogP) is 7.84. The SMILES string of the molecule is C=Cc1cccc(CSC(SCc2cccc(C=C)c2)c2ccccc2)c1. The van der Waals surface area contributed by atoms with Gasteiger partial charge in [0.25, 0.3) is 0 Å². The number of rotatable bonds is 9. The van der Waals surface area contributed by atoms with Crippen LogP contribution in [0.15, 0.2) is 92.0 Å². The van der Waals surface area contributed by atoms with Gasteiger partial charge in [0.2, 0.25) is 0 Å². The molecule has 0 fully saturated rings. The van der Waals surface area contributed by atoms with Crippen LogP contribution >= 0.6 is 23.5 Å². The van der Waals surface area contributed by atoms with E-state index in [1.165, 1.54) is 27.8 Å². The van der Waals surface area contributed by atoms with Gasteiger partial charge in [0.05, 0.1) is 4.58 Å². The molecule has 0 aliphatic carbocycles. The van der Waals surface area contributed by atoms with Gasteiger partial charge in [0, 0.05) is 11.5 Å². The van der Waals surface area contributed by atoms with Gasteiger partial charge in [-0.25, -0.2) is 0 Å². The fourth-order valence-corrected chi connectivity index (χ4v) is 5.35. The van der Waals surface area contributed by atoms with Crippen LogP contribution in [-0.4, -0.2) is 0 Å². The Morgan fingerprint density at radius 2 is 1.19 bits per heavy atom. The van der Waals surface area contributed by atoms with Crippen molar-refractivity contribution in [3.05, 3.63) is 120 Å². The van der Waals surface area contributed by atoms with Crippen LogP contribution in [0, 0.1) is 0 Å². The molecule has 0 aliphatic rings. The van der Waals surface area contributed by atoms with E-state index in [1.807, 2.05) is 35.7 Å². The molecule has 0 nitrogen and oxygen atoms in total. The largest absolute Gasteiger partial charge is 0.138 e. The van der Waals surface area contributed by atoms with Crippen molar-refractivity contribution in [1.29, 1.82) is 0 Å². The van der Waals surface area contributed by atoms with Crippen molar-refractivity contribution in [2.24, 2.45) is 0 Å². The predicted molar refractivity (Wildman–Crippen MR) is 125 cm³/mol. The quantitative estimate of drug-likeness (QED) is 0.342. The Morgan fingerprint density at radius 1 is 0.667 bits per heavy atom. The first-order valence-electron chi connectivity index (χ1n) is 8.99. The van der Waals surface area contributed by atoms with E-state index in [-0.39, 0.29) is 0 Å². The second-order valence-electron chi connectivity index (χ2n) is 6.26. The van der Waals surface area contributed by atoms with Crippen molar-refractivity contribution in [3.8, 4) is 0 Å². The summed E-state index contributed by atoms with van der Waals surface area (Å²) in [6.45, 7) is 7.75. The molecule has 0 atom stereocenters. The molecule has 2 heteroatoms. The van der Waals surface area contributed by atoms with Crippen molar-refractivity contribution >= 4 is 35.7 Å². The molecule has 0 bridgehead atoms. The molecular formula is C25H24S2. The lowest BCUT2D eigenvalue weighted by Gasteiger charge is -2.17. The summed E-state index contributed by atoms with van der Waals surface area (Å²) in [5.74, 6) is 1.97. The van der Waals surface area contributed by atoms with E-state index >= 15 is 0 Å². The lowest BCUT2D eigenvalue weighted by Crippen LogP contribution is -1.93. The molecule has 0 saturated carbocycles. The number of benzene rings is 3. The summed E-state index contributed by atoms with van der Waals surface area (Å²) in [7, 11) is 0. The van der Waals surface area contributed by atoms with E-state index in [0.29, 0.717) is 4.58 Å². The van der Waals surface area contributed by atoms with E-state index in [4.69, 9.17) is 0 Å². The lowest BCUT2D eigenvalue weighted by molar-refractivity contribution is 1.32. The highest BCUT2D eigenvalue weighted by molar-refractivity contribution is 8.15. The molecule has 3 aromatic rings. The fourth-order valence-electron chi connectivity index (χ4n) is 2.81. The van der Waals surface area contributed by atoms with Gasteiger partial charge in [-0.05, 0) is 27.8 Å². The summed E-state index contributed by atoms with van der Waals surface area (Å²) in [6.07, 6.45) is 3.81. The number of thioether (sulfide) groups is 2. The van der Waals surface area contributed by atoms with Crippen molar-refractivity contribution in [2.75, 3.05) is 0 Å². The lowest BCUT2D eigenvalue weighted by atomic mass is 10.1. The zero-order chi connectivity index (χ0) is 18.9. The zero-order valence-corrected chi connectivity index (χ0v) is 17.0. The first-order valence-corrected chi connectivity index (χ1v) is 11.1. The van der Waals surface area contributed by atoms with Gasteiger partial charge >= 0.3 is 0 Å². The third-order valence-electron chi connectivity index (χ3n) is 4.25. The third-order valence-corrected chi connectivity index (χ3v) is 7.21. The molecular weight excluding hydrogens is 364 g/mol. The molecule has 3 rings (SSSR count). The Kier molecular flexibility index (Phi) is 7.44. The highest BCUT2D eigenvalue weighted by Crippen LogP contribution is 2.42. The van der Waals surface area contributed by atoms with Crippen LogP contribution in [-0.2, 0) is 11.5 Å². The Hall–Kier alpha value is -2.16. The summed E-state index contributed by atoms with van der Waals surface area (Å²) in [5, 5.41) is 0. The summed E-state index contributed by atoms with van der Waals surface area (Å²) >= 11 is 3.97. The van der Waals surface area contributed by atoms with Gasteiger partial charge in [-0.15, -0.1) is 23.5 Å². The topological polar surface area (TPSA) is 0 Å². The van der Waals surface area contributed by atoms with Crippen molar-refractivity contribution in [2.45, 2.75) is 16.1 Å². The van der Waals surface area contributed by atoms with Gasteiger partial charge < -0.3 is 0 Å². The second-order valence-corrected chi connectivity index (χ2v) is 8.75. The van der Waals surface area contributed by atoms with Crippen LogP contribution in [0.5, 0.6) is 0 Å². The van der Waals surface area contributed by atoms with Crippen LogP contribution < -0.4 is 0 Å². The van der Waals surface area contributed by atoms with Crippen molar-refractivity contribution < 1.29 is 0 Å². The molecule has 0 unspecified atom stereocenters. The molecule has 0 saturated heterocycles. The smallest absolute Gasteiger partial charge is 0.0757 e. The molecule has 0 aromatic heterocycles. The van der Waals surface area contributed by atoms with E-state index < -0.39 is 0 Å². The minimum absolute atomic E-state index is 0.394. The van der Waals surface area contributed by atoms with E-state index in [1.54, 1.807) is 0 Å². The van der Waals surface area contributed by atoms with E-state index in [9.17, 15) is 0 Å². The minimum atomic E-state index is 0.394. The molecule has 3 aromatic carbocycles. The summed E-state index contributed by atoms with van der Waals surface area (Å²) in [6, 6.07) is 28.0. The normalized spacial score (nSPS) is 10.7. The van der Waals surface area contributed by atoms with Crippen molar-refractivity contribution in [1.82, 2.24) is 0 Å². The highest BCUT2D eigenvalue weighted by Gasteiger charge is 2.13. The summed E-state index contributed by atoms with van der Waals surface area (Å²) in [4.78, 5) is 0. The van der Waals surface area contributed by atoms with Crippen molar-refractivity contribution in [3.63, 3.8) is 0 Å². The van der Waals surface area contributed by atoms with Gasteiger partial charge in [-0.1, -0.05) is 104 Å². The highest BCUT2D eigenvalue weighted by atomic mass is 32.2. The maximum absolute atomic E-state index is 3.87. The first kappa shape index (κ1) is 19.6. The Morgan fingerprint density at radius 3 is 1.67 bits per heavy atom. The summed E-state index contributed by atoms with van der Waals surface area (Å²) in [5.41, 5.74) is 6.41. The molecule has 0 N–H and O–H groups in total. The second kappa shape index (κ2) is 10.2. The number of hydrogen-bond acceptors (Lipinski definition) is 2. The molecule has 0 amide bonds. The number of hydrogen-bond donors (Lipinski definition) is 0. The van der Waals surface area contributed by atoms with E-state index in [2.05, 4.69) is 92.0 Å². The maximum atomic E-state index is 3.87. The van der Waals surface area contributed by atoms with Crippen LogP contribution in [0.25, 0.3) is 12.2 Å². The van der Waals surface area contributed by atoms with E-state index in [0.717, 1.165) is 11.5 Å². The van der Waals surface area contributed by atoms with Gasteiger partial charge in [0.1, 0.15) is 0 Å². The Labute approximate surface area is 171 Å². The van der Waals surface area contributed by atoms with Crippen LogP contribution in [0.2, 0.25) is 0 Å². The molecule has 0 heterocycles. The fraction of sp³-hybridized carbons (Fsp3) is 0.120. The Balaban J connectivity index is 1.70. The summed E-state index contributed by atoms with van der Waals surface area (Å²) < 4.78 is 0.394. The zero-order valence-electron chi connectivity index (χ0n) is 15.4. The van der Waals surface area contributed by atoms with Crippen LogP contribution in [0.4, 0.5) is 0 Å². The molecule has 0 radical (unpaired) electrons. The van der Waals surface area contributed by atoms with Gasteiger partial charge in [-0.3, -0.25) is 0 Å². The molecule has 27 heavy (non-hydrogen) atoms. The van der Waals surface area contributed by atoms with Crippen LogP contribution in [0.1, 0.15) is 32.4 Å². The first-order chi connectivity index (χ1) is 13.3. The molecule has 136 valence electrons. The monoisotopic (exact) mass is 388 g/mol. The minimum Gasteiger partial charge on any atom is -0.138 e. The van der Waals surface area contributed by atoms with Crippen LogP contribution in [0.3, 0.4) is 0 Å². The van der Waals surface area contributed by atoms with Gasteiger partial charge in [-0.2, -0.15) is 0 Å². The Bertz CT molecular complexity index is 828. The molecule has 0 spiro atoms. The maximum Gasteiger partial charge on any atom is 0.0757 e. The average Bonchev–Trinajstić information content (AvgIpc) is 2.74. The molecule has 0 aliphatic heterocycles.